The van der Waals surface area contributed by atoms with Crippen LogP contribution in [0.25, 0.3) is 0 Å². The number of esters is 1. The molecule has 0 saturated carbocycles. The predicted molar refractivity (Wildman–Crippen MR) is 92.6 cm³/mol. The van der Waals surface area contributed by atoms with Crippen molar-refractivity contribution in [3.63, 3.8) is 0 Å². The number of non-ortho nitro benzene ring substituents is 2. The lowest BCUT2D eigenvalue weighted by atomic mass is 10.0. The Kier molecular flexibility index (Phi) is 3.97. The first kappa shape index (κ1) is 18.7. The van der Waals surface area contributed by atoms with Crippen LogP contribution in [0.3, 0.4) is 0 Å². The van der Waals surface area contributed by atoms with Gasteiger partial charge in [-0.25, -0.2) is 9.69 Å². The van der Waals surface area contributed by atoms with E-state index in [0.29, 0.717) is 13.2 Å². The predicted octanol–water partition coefficient (Wildman–Crippen LogP) is 1.99. The maximum absolute atomic E-state index is 12.5. The van der Waals surface area contributed by atoms with E-state index in [1.807, 2.05) is 13.8 Å². The molecule has 11 heteroatoms. The fourth-order valence-corrected chi connectivity index (χ4v) is 4.57. The van der Waals surface area contributed by atoms with Gasteiger partial charge in [0.2, 0.25) is 0 Å². The monoisotopic (exact) mass is 393 g/mol. The second kappa shape index (κ2) is 5.93. The number of ether oxygens (including phenoxy) is 3. The number of nitrogens with zero attached hydrogens (tertiary/aromatic N) is 3. The highest BCUT2D eigenvalue weighted by molar-refractivity contribution is 5.91. The van der Waals surface area contributed by atoms with Gasteiger partial charge in [0.1, 0.15) is 23.6 Å². The second-order valence-electron chi connectivity index (χ2n) is 7.82. The van der Waals surface area contributed by atoms with Crippen molar-refractivity contribution in [2.75, 3.05) is 19.8 Å². The minimum Gasteiger partial charge on any atom is -0.460 e. The second-order valence-corrected chi connectivity index (χ2v) is 7.82. The number of nitro groups is 2. The van der Waals surface area contributed by atoms with Crippen LogP contribution in [0.1, 0.15) is 37.0 Å². The van der Waals surface area contributed by atoms with Gasteiger partial charge in [0, 0.05) is 12.1 Å². The van der Waals surface area contributed by atoms with E-state index in [-0.39, 0.29) is 12.2 Å². The SMILES string of the molecule is CC12CCC3(C)OCC(COC(=O)c4cc([N+](=O)[O-])cc([N+](=O)[O-])c4)(CO1)N23. The third kappa shape index (κ3) is 2.65. The maximum Gasteiger partial charge on any atom is 0.338 e. The highest BCUT2D eigenvalue weighted by atomic mass is 16.6. The number of rotatable bonds is 5. The molecule has 0 N–H and O–H groups in total. The van der Waals surface area contributed by atoms with E-state index in [4.69, 9.17) is 14.2 Å². The summed E-state index contributed by atoms with van der Waals surface area (Å²) in [5.74, 6) is -0.873. The van der Waals surface area contributed by atoms with Crippen LogP contribution >= 0.6 is 0 Å². The van der Waals surface area contributed by atoms with Gasteiger partial charge in [-0.1, -0.05) is 0 Å². The van der Waals surface area contributed by atoms with E-state index in [0.717, 1.165) is 31.0 Å². The van der Waals surface area contributed by atoms with Crippen LogP contribution in [-0.4, -0.2) is 57.5 Å². The van der Waals surface area contributed by atoms with Crippen molar-refractivity contribution < 1.29 is 28.9 Å². The molecule has 11 nitrogen and oxygen atoms in total. The van der Waals surface area contributed by atoms with Gasteiger partial charge in [-0.05, 0) is 26.7 Å². The zero-order valence-electron chi connectivity index (χ0n) is 15.4. The fourth-order valence-electron chi connectivity index (χ4n) is 4.57. The molecule has 0 aliphatic carbocycles. The molecule has 0 bridgehead atoms. The Balaban J connectivity index is 1.56. The number of benzene rings is 1. The average Bonchev–Trinajstić information content (AvgIpc) is 3.23. The Bertz CT molecular complexity index is 835. The first-order valence-corrected chi connectivity index (χ1v) is 8.78. The Morgan fingerprint density at radius 3 is 2.04 bits per heavy atom. The van der Waals surface area contributed by atoms with Crippen molar-refractivity contribution in [1.29, 1.82) is 0 Å². The van der Waals surface area contributed by atoms with Crippen molar-refractivity contribution in [3.8, 4) is 0 Å². The fraction of sp³-hybridized carbons (Fsp3) is 0.588. The summed E-state index contributed by atoms with van der Waals surface area (Å²) in [7, 11) is 0. The third-order valence-electron chi connectivity index (χ3n) is 5.81. The third-order valence-corrected chi connectivity index (χ3v) is 5.81. The number of carbonyl (C=O) groups is 1. The molecule has 3 heterocycles. The quantitative estimate of drug-likeness (QED) is 0.418. The Morgan fingerprint density at radius 2 is 1.57 bits per heavy atom. The summed E-state index contributed by atoms with van der Waals surface area (Å²) in [4.78, 5) is 35.0. The van der Waals surface area contributed by atoms with E-state index in [1.54, 1.807) is 0 Å². The summed E-state index contributed by atoms with van der Waals surface area (Å²) < 4.78 is 17.4. The molecule has 0 radical (unpaired) electrons. The molecule has 3 fully saturated rings. The van der Waals surface area contributed by atoms with E-state index >= 15 is 0 Å². The van der Waals surface area contributed by atoms with Crippen LogP contribution in [0.15, 0.2) is 18.2 Å². The van der Waals surface area contributed by atoms with Gasteiger partial charge in [-0.2, -0.15) is 0 Å². The number of hydrogen-bond donors (Lipinski definition) is 0. The van der Waals surface area contributed by atoms with Crippen LogP contribution < -0.4 is 0 Å². The van der Waals surface area contributed by atoms with Crippen molar-refractivity contribution in [3.05, 3.63) is 44.0 Å². The van der Waals surface area contributed by atoms with Crippen molar-refractivity contribution in [1.82, 2.24) is 4.90 Å². The highest BCUT2D eigenvalue weighted by Crippen LogP contribution is 2.55. The largest absolute Gasteiger partial charge is 0.460 e. The topological polar surface area (TPSA) is 134 Å². The van der Waals surface area contributed by atoms with Gasteiger partial charge in [0.05, 0.1) is 34.7 Å². The summed E-state index contributed by atoms with van der Waals surface area (Å²) in [6.45, 7) is 4.54. The van der Waals surface area contributed by atoms with Gasteiger partial charge in [-0.15, -0.1) is 0 Å². The van der Waals surface area contributed by atoms with Gasteiger partial charge in [-0.3, -0.25) is 20.2 Å². The molecule has 4 rings (SSSR count). The molecule has 2 unspecified atom stereocenters. The standard InChI is InChI=1S/C17H19N3O8/c1-15-3-4-16(2)20(15)17(9-27-15,10-28-16)8-26-14(21)11-5-12(18(22)23)7-13(6-11)19(24)25/h5-7H,3-4,8-10H2,1-2H3. The molecule has 1 aromatic carbocycles. The lowest BCUT2D eigenvalue weighted by Crippen LogP contribution is -2.56. The molecule has 3 aliphatic heterocycles. The maximum atomic E-state index is 12.5. The molecule has 0 spiro atoms. The summed E-state index contributed by atoms with van der Waals surface area (Å²) in [6.07, 6.45) is 1.58. The zero-order valence-corrected chi connectivity index (χ0v) is 15.4. The molecular formula is C17H19N3O8. The number of carbonyl (C=O) groups excluding carboxylic acids is 1. The Morgan fingerprint density at radius 1 is 1.07 bits per heavy atom. The lowest BCUT2D eigenvalue weighted by Gasteiger charge is -2.37. The van der Waals surface area contributed by atoms with E-state index < -0.39 is 44.2 Å². The molecule has 3 saturated heterocycles. The summed E-state index contributed by atoms with van der Waals surface area (Å²) in [5.41, 5.74) is -2.99. The molecule has 2 atom stereocenters. The van der Waals surface area contributed by atoms with Crippen LogP contribution in [0, 0.1) is 20.2 Å². The first-order valence-electron chi connectivity index (χ1n) is 8.78. The van der Waals surface area contributed by atoms with Crippen LogP contribution in [-0.2, 0) is 14.2 Å². The zero-order chi connectivity index (χ0) is 20.3. The highest BCUT2D eigenvalue weighted by Gasteiger charge is 2.69. The molecule has 28 heavy (non-hydrogen) atoms. The summed E-state index contributed by atoms with van der Waals surface area (Å²) in [5, 5.41) is 22.0. The Hall–Kier alpha value is -2.63. The van der Waals surface area contributed by atoms with Gasteiger partial charge in [0.15, 0.2) is 0 Å². The van der Waals surface area contributed by atoms with Crippen molar-refractivity contribution in [2.45, 2.75) is 43.7 Å². The number of hydrogen-bond acceptors (Lipinski definition) is 9. The van der Waals surface area contributed by atoms with Gasteiger partial charge >= 0.3 is 5.97 Å². The van der Waals surface area contributed by atoms with Gasteiger partial charge in [0.25, 0.3) is 11.4 Å². The number of nitro benzene ring substituents is 2. The first-order chi connectivity index (χ1) is 13.1. The molecule has 0 amide bonds. The molecular weight excluding hydrogens is 374 g/mol. The molecule has 150 valence electrons. The molecule has 3 aliphatic rings. The minimum absolute atomic E-state index is 0.0481. The Labute approximate surface area is 159 Å². The minimum atomic E-state index is -0.873. The molecule has 1 aromatic rings. The normalized spacial score (nSPS) is 33.6. The van der Waals surface area contributed by atoms with E-state index in [2.05, 4.69) is 4.90 Å². The van der Waals surface area contributed by atoms with Crippen molar-refractivity contribution >= 4 is 17.3 Å². The summed E-state index contributed by atoms with van der Waals surface area (Å²) in [6, 6.07) is 2.73. The van der Waals surface area contributed by atoms with Crippen molar-refractivity contribution in [2.24, 2.45) is 0 Å². The average molecular weight is 393 g/mol. The van der Waals surface area contributed by atoms with E-state index in [1.165, 1.54) is 0 Å². The van der Waals surface area contributed by atoms with E-state index in [9.17, 15) is 25.0 Å². The van der Waals surface area contributed by atoms with Crippen LogP contribution in [0.5, 0.6) is 0 Å². The smallest absolute Gasteiger partial charge is 0.338 e. The van der Waals surface area contributed by atoms with Gasteiger partial charge < -0.3 is 14.2 Å². The molecule has 0 aromatic heterocycles. The lowest BCUT2D eigenvalue weighted by molar-refractivity contribution is -0.394. The van der Waals surface area contributed by atoms with Crippen LogP contribution in [0.4, 0.5) is 11.4 Å². The van der Waals surface area contributed by atoms with Crippen LogP contribution in [0.2, 0.25) is 0 Å². The summed E-state index contributed by atoms with van der Waals surface area (Å²) >= 11 is 0.